The SMILES string of the molecule is CSC(=S)C1=C(NCCN=C(c2ccccc2)c2ccccc2O)CCC1. The van der Waals surface area contributed by atoms with Crippen molar-refractivity contribution in [3.63, 3.8) is 0 Å². The maximum Gasteiger partial charge on any atom is 0.124 e. The molecule has 27 heavy (non-hydrogen) atoms. The van der Waals surface area contributed by atoms with E-state index in [1.165, 1.54) is 11.3 Å². The first-order chi connectivity index (χ1) is 13.2. The summed E-state index contributed by atoms with van der Waals surface area (Å²) < 4.78 is 0.998. The van der Waals surface area contributed by atoms with Gasteiger partial charge in [0.05, 0.1) is 16.5 Å². The topological polar surface area (TPSA) is 44.6 Å². The number of para-hydroxylation sites is 1. The highest BCUT2D eigenvalue weighted by Crippen LogP contribution is 2.28. The van der Waals surface area contributed by atoms with Crippen LogP contribution in [0.25, 0.3) is 0 Å². The Labute approximate surface area is 170 Å². The molecule has 5 heteroatoms. The Hall–Kier alpha value is -2.11. The summed E-state index contributed by atoms with van der Waals surface area (Å²) in [5.41, 5.74) is 5.14. The molecule has 0 amide bonds. The lowest BCUT2D eigenvalue weighted by atomic mass is 10.0. The smallest absolute Gasteiger partial charge is 0.124 e. The standard InChI is InChI=1S/C22H24N2OS2/c1-27-22(26)17-11-7-12-19(17)23-14-15-24-21(16-8-3-2-4-9-16)18-10-5-6-13-20(18)25/h2-6,8-10,13,23,25H,7,11-12,14-15H2,1H3. The summed E-state index contributed by atoms with van der Waals surface area (Å²) in [6, 6.07) is 17.4. The van der Waals surface area contributed by atoms with E-state index in [1.807, 2.05) is 54.8 Å². The number of phenols is 1. The molecule has 3 rings (SSSR count). The van der Waals surface area contributed by atoms with Crippen molar-refractivity contribution in [1.82, 2.24) is 5.32 Å². The molecular formula is C22H24N2OS2. The van der Waals surface area contributed by atoms with Gasteiger partial charge in [0.1, 0.15) is 5.75 Å². The first kappa shape index (κ1) is 19.6. The zero-order valence-electron chi connectivity index (χ0n) is 15.4. The predicted octanol–water partition coefficient (Wildman–Crippen LogP) is 4.95. The number of rotatable bonds is 7. The molecular weight excluding hydrogens is 372 g/mol. The van der Waals surface area contributed by atoms with E-state index in [2.05, 4.69) is 5.32 Å². The van der Waals surface area contributed by atoms with Gasteiger partial charge in [0, 0.05) is 23.4 Å². The summed E-state index contributed by atoms with van der Waals surface area (Å²) in [5.74, 6) is 0.249. The van der Waals surface area contributed by atoms with E-state index in [9.17, 15) is 5.11 Å². The molecule has 2 aromatic carbocycles. The highest BCUT2D eigenvalue weighted by Gasteiger charge is 2.17. The minimum absolute atomic E-state index is 0.249. The summed E-state index contributed by atoms with van der Waals surface area (Å²) in [5, 5.41) is 13.8. The van der Waals surface area contributed by atoms with Crippen molar-refractivity contribution in [2.75, 3.05) is 19.3 Å². The average Bonchev–Trinajstić information content (AvgIpc) is 3.17. The van der Waals surface area contributed by atoms with Gasteiger partial charge in [-0.25, -0.2) is 0 Å². The van der Waals surface area contributed by atoms with Gasteiger partial charge in [0.25, 0.3) is 0 Å². The van der Waals surface area contributed by atoms with E-state index < -0.39 is 0 Å². The lowest BCUT2D eigenvalue weighted by Gasteiger charge is -2.12. The fourth-order valence-corrected chi connectivity index (χ4v) is 3.96. The quantitative estimate of drug-likeness (QED) is 0.395. The molecule has 3 nitrogen and oxygen atoms in total. The third-order valence-electron chi connectivity index (χ3n) is 4.58. The van der Waals surface area contributed by atoms with E-state index >= 15 is 0 Å². The van der Waals surface area contributed by atoms with E-state index in [0.717, 1.165) is 46.8 Å². The Morgan fingerprint density at radius 3 is 2.59 bits per heavy atom. The van der Waals surface area contributed by atoms with Crippen LogP contribution in [0.4, 0.5) is 0 Å². The zero-order chi connectivity index (χ0) is 19.1. The second kappa shape index (κ2) is 9.72. The first-order valence-electron chi connectivity index (χ1n) is 9.13. The van der Waals surface area contributed by atoms with Crippen LogP contribution in [-0.4, -0.2) is 34.4 Å². The summed E-state index contributed by atoms with van der Waals surface area (Å²) in [6.45, 7) is 1.38. The third kappa shape index (κ3) is 4.99. The van der Waals surface area contributed by atoms with Gasteiger partial charge >= 0.3 is 0 Å². The number of nitrogens with zero attached hydrogens (tertiary/aromatic N) is 1. The van der Waals surface area contributed by atoms with Crippen molar-refractivity contribution in [3.8, 4) is 5.75 Å². The molecule has 0 fully saturated rings. The van der Waals surface area contributed by atoms with Gasteiger partial charge in [0.15, 0.2) is 0 Å². The van der Waals surface area contributed by atoms with Crippen molar-refractivity contribution in [2.24, 2.45) is 4.99 Å². The van der Waals surface area contributed by atoms with Crippen LogP contribution < -0.4 is 5.32 Å². The van der Waals surface area contributed by atoms with Gasteiger partial charge in [-0.15, -0.1) is 11.8 Å². The van der Waals surface area contributed by atoms with Crippen LogP contribution in [0.3, 0.4) is 0 Å². The van der Waals surface area contributed by atoms with Crippen LogP contribution in [0.1, 0.15) is 30.4 Å². The normalized spacial score (nSPS) is 14.5. The highest BCUT2D eigenvalue weighted by atomic mass is 32.2. The number of allylic oxidation sites excluding steroid dienone is 1. The molecule has 0 heterocycles. The highest BCUT2D eigenvalue weighted by molar-refractivity contribution is 8.23. The van der Waals surface area contributed by atoms with Crippen molar-refractivity contribution in [1.29, 1.82) is 0 Å². The van der Waals surface area contributed by atoms with E-state index in [1.54, 1.807) is 17.8 Å². The predicted molar refractivity (Wildman–Crippen MR) is 120 cm³/mol. The molecule has 0 aromatic heterocycles. The Kier molecular flexibility index (Phi) is 7.07. The van der Waals surface area contributed by atoms with Gasteiger partial charge in [-0.2, -0.15) is 0 Å². The van der Waals surface area contributed by atoms with Crippen LogP contribution in [0.15, 0.2) is 70.9 Å². The molecule has 2 N–H and O–H groups in total. The van der Waals surface area contributed by atoms with Crippen molar-refractivity contribution >= 4 is 33.9 Å². The second-order valence-electron chi connectivity index (χ2n) is 6.34. The van der Waals surface area contributed by atoms with Gasteiger partial charge in [0.2, 0.25) is 0 Å². The van der Waals surface area contributed by atoms with Crippen LogP contribution in [-0.2, 0) is 0 Å². The van der Waals surface area contributed by atoms with Gasteiger partial charge in [-0.1, -0.05) is 54.7 Å². The second-order valence-corrected chi connectivity index (χ2v) is 7.83. The van der Waals surface area contributed by atoms with Crippen LogP contribution in [0, 0.1) is 0 Å². The molecule has 0 saturated carbocycles. The van der Waals surface area contributed by atoms with E-state index in [0.29, 0.717) is 6.54 Å². The number of hydrogen-bond donors (Lipinski definition) is 2. The molecule has 0 saturated heterocycles. The maximum absolute atomic E-state index is 10.3. The summed E-state index contributed by atoms with van der Waals surface area (Å²) in [7, 11) is 0. The van der Waals surface area contributed by atoms with E-state index in [-0.39, 0.29) is 5.75 Å². The van der Waals surface area contributed by atoms with Crippen molar-refractivity contribution in [2.45, 2.75) is 19.3 Å². The number of benzene rings is 2. The largest absolute Gasteiger partial charge is 0.507 e. The molecule has 0 spiro atoms. The van der Waals surface area contributed by atoms with Gasteiger partial charge < -0.3 is 10.4 Å². The molecule has 1 aliphatic carbocycles. The molecule has 0 aliphatic heterocycles. The lowest BCUT2D eigenvalue weighted by Crippen LogP contribution is -2.19. The Balaban J connectivity index is 1.75. The molecule has 140 valence electrons. The van der Waals surface area contributed by atoms with Gasteiger partial charge in [-0.05, 0) is 43.2 Å². The summed E-state index contributed by atoms with van der Waals surface area (Å²) in [4.78, 5) is 4.81. The fraction of sp³-hybridized carbons (Fsp3) is 0.273. The fourth-order valence-electron chi connectivity index (χ4n) is 3.26. The number of nitrogens with one attached hydrogen (secondary N) is 1. The van der Waals surface area contributed by atoms with Crippen molar-refractivity contribution in [3.05, 3.63) is 77.0 Å². The number of phenolic OH excluding ortho intramolecular Hbond substituents is 1. The first-order valence-corrected chi connectivity index (χ1v) is 10.8. The minimum atomic E-state index is 0.249. The number of hydrogen-bond acceptors (Lipinski definition) is 5. The molecule has 1 aliphatic rings. The monoisotopic (exact) mass is 396 g/mol. The van der Waals surface area contributed by atoms with Crippen molar-refractivity contribution < 1.29 is 5.11 Å². The van der Waals surface area contributed by atoms with Gasteiger partial charge in [-0.3, -0.25) is 4.99 Å². The molecule has 0 atom stereocenters. The zero-order valence-corrected chi connectivity index (χ0v) is 17.1. The van der Waals surface area contributed by atoms with Crippen LogP contribution in [0.5, 0.6) is 5.75 Å². The number of thiocarbonyl (C=S) groups is 1. The summed E-state index contributed by atoms with van der Waals surface area (Å²) >= 11 is 7.11. The van der Waals surface area contributed by atoms with E-state index in [4.69, 9.17) is 17.2 Å². The maximum atomic E-state index is 10.3. The number of aromatic hydroxyl groups is 1. The average molecular weight is 397 g/mol. The Bertz CT molecular complexity index is 860. The Morgan fingerprint density at radius 1 is 1.11 bits per heavy atom. The molecule has 0 radical (unpaired) electrons. The summed E-state index contributed by atoms with van der Waals surface area (Å²) in [6.07, 6.45) is 5.33. The molecule has 0 unspecified atom stereocenters. The van der Waals surface area contributed by atoms with Crippen LogP contribution >= 0.6 is 24.0 Å². The lowest BCUT2D eigenvalue weighted by molar-refractivity contribution is 0.474. The number of aliphatic imine (C=N–C) groups is 1. The molecule has 2 aromatic rings. The molecule has 0 bridgehead atoms. The third-order valence-corrected chi connectivity index (χ3v) is 5.94. The number of thioether (sulfide) groups is 1. The Morgan fingerprint density at radius 2 is 1.85 bits per heavy atom. The van der Waals surface area contributed by atoms with Crippen LogP contribution in [0.2, 0.25) is 0 Å². The minimum Gasteiger partial charge on any atom is -0.507 e.